The van der Waals surface area contributed by atoms with E-state index < -0.39 is 0 Å². The number of likely N-dealkylation sites (N-methyl/N-ethyl adjacent to an activating group) is 1. The molecule has 0 amide bonds. The van der Waals surface area contributed by atoms with Crippen molar-refractivity contribution in [1.29, 1.82) is 0 Å². The molecule has 2 nitrogen and oxygen atoms in total. The highest BCUT2D eigenvalue weighted by molar-refractivity contribution is 5.26. The number of phenols is 1. The Labute approximate surface area is 92.5 Å². The molecule has 0 spiro atoms. The van der Waals surface area contributed by atoms with E-state index in [0.717, 1.165) is 13.0 Å². The van der Waals surface area contributed by atoms with Crippen LogP contribution in [0.25, 0.3) is 0 Å². The van der Waals surface area contributed by atoms with Gasteiger partial charge in [-0.2, -0.15) is 0 Å². The van der Waals surface area contributed by atoms with Gasteiger partial charge in [0.05, 0.1) is 0 Å². The van der Waals surface area contributed by atoms with Crippen molar-refractivity contribution in [1.82, 2.24) is 4.90 Å². The Balaban J connectivity index is 2.50. The summed E-state index contributed by atoms with van der Waals surface area (Å²) < 4.78 is 0. The Kier molecular flexibility index (Phi) is 4.63. The molecule has 1 atom stereocenters. The van der Waals surface area contributed by atoms with Gasteiger partial charge in [-0.15, -0.1) is 0 Å². The Morgan fingerprint density at radius 2 is 1.87 bits per heavy atom. The Hall–Kier alpha value is -1.02. The van der Waals surface area contributed by atoms with E-state index in [1.54, 1.807) is 12.1 Å². The molecular formula is C13H21NO. The molecule has 0 saturated carbocycles. The summed E-state index contributed by atoms with van der Waals surface area (Å²) in [5.41, 5.74) is 1.28. The van der Waals surface area contributed by atoms with Gasteiger partial charge in [0.1, 0.15) is 5.75 Å². The van der Waals surface area contributed by atoms with E-state index in [4.69, 9.17) is 0 Å². The number of nitrogens with zero attached hydrogens (tertiary/aromatic N) is 1. The lowest BCUT2D eigenvalue weighted by atomic mass is 10.1. The van der Waals surface area contributed by atoms with Gasteiger partial charge in [0.2, 0.25) is 0 Å². The first-order valence-electron chi connectivity index (χ1n) is 5.61. The maximum atomic E-state index is 9.17. The van der Waals surface area contributed by atoms with Gasteiger partial charge in [-0.3, -0.25) is 0 Å². The molecule has 0 fully saturated rings. The van der Waals surface area contributed by atoms with E-state index in [-0.39, 0.29) is 0 Å². The average Bonchev–Trinajstić information content (AvgIpc) is 2.22. The van der Waals surface area contributed by atoms with Gasteiger partial charge in [-0.05, 0) is 51.1 Å². The van der Waals surface area contributed by atoms with Gasteiger partial charge in [-0.1, -0.05) is 19.1 Å². The van der Waals surface area contributed by atoms with E-state index in [1.807, 2.05) is 12.1 Å². The van der Waals surface area contributed by atoms with Crippen LogP contribution in [0.5, 0.6) is 5.75 Å². The molecule has 1 aromatic carbocycles. The standard InChI is InChI=1S/C13H21NO/c1-4-9-14(3)11(2)10-12-5-7-13(15)8-6-12/h5-8,11,15H,4,9-10H2,1-3H3. The molecule has 0 aliphatic heterocycles. The van der Waals surface area contributed by atoms with Crippen LogP contribution in [0.4, 0.5) is 0 Å². The van der Waals surface area contributed by atoms with Crippen LogP contribution >= 0.6 is 0 Å². The summed E-state index contributed by atoms with van der Waals surface area (Å²) in [6.07, 6.45) is 2.23. The number of hydrogen-bond acceptors (Lipinski definition) is 2. The number of aromatic hydroxyl groups is 1. The molecule has 1 unspecified atom stereocenters. The van der Waals surface area contributed by atoms with Crippen molar-refractivity contribution in [3.05, 3.63) is 29.8 Å². The molecule has 0 saturated heterocycles. The lowest BCUT2D eigenvalue weighted by molar-refractivity contribution is 0.257. The van der Waals surface area contributed by atoms with Gasteiger partial charge in [0.25, 0.3) is 0 Å². The molecule has 1 N–H and O–H groups in total. The van der Waals surface area contributed by atoms with E-state index in [1.165, 1.54) is 12.0 Å². The zero-order valence-corrected chi connectivity index (χ0v) is 9.90. The van der Waals surface area contributed by atoms with E-state index in [9.17, 15) is 5.11 Å². The van der Waals surface area contributed by atoms with Crippen LogP contribution in [0.15, 0.2) is 24.3 Å². The van der Waals surface area contributed by atoms with Crippen LogP contribution in [-0.2, 0) is 6.42 Å². The SMILES string of the molecule is CCCN(C)C(C)Cc1ccc(O)cc1. The largest absolute Gasteiger partial charge is 0.508 e. The van der Waals surface area contributed by atoms with Crippen molar-refractivity contribution < 1.29 is 5.11 Å². The summed E-state index contributed by atoms with van der Waals surface area (Å²) in [6.45, 7) is 5.57. The molecule has 2 heteroatoms. The second-order valence-corrected chi connectivity index (χ2v) is 4.20. The smallest absolute Gasteiger partial charge is 0.115 e. The van der Waals surface area contributed by atoms with E-state index in [2.05, 4.69) is 25.8 Å². The van der Waals surface area contributed by atoms with Crippen molar-refractivity contribution in [2.45, 2.75) is 32.7 Å². The minimum Gasteiger partial charge on any atom is -0.508 e. The van der Waals surface area contributed by atoms with Gasteiger partial charge in [0.15, 0.2) is 0 Å². The Bertz CT molecular complexity index is 281. The lowest BCUT2D eigenvalue weighted by Gasteiger charge is -2.24. The summed E-state index contributed by atoms with van der Waals surface area (Å²) in [6, 6.07) is 8.04. The first-order chi connectivity index (χ1) is 7.13. The molecule has 0 radical (unpaired) electrons. The van der Waals surface area contributed by atoms with E-state index in [0.29, 0.717) is 11.8 Å². The molecular weight excluding hydrogens is 186 g/mol. The number of rotatable bonds is 5. The second-order valence-electron chi connectivity index (χ2n) is 4.20. The molecule has 1 rings (SSSR count). The normalized spacial score (nSPS) is 13.1. The maximum Gasteiger partial charge on any atom is 0.115 e. The van der Waals surface area contributed by atoms with Gasteiger partial charge >= 0.3 is 0 Å². The summed E-state index contributed by atoms with van der Waals surface area (Å²) in [4.78, 5) is 2.37. The summed E-state index contributed by atoms with van der Waals surface area (Å²) >= 11 is 0. The predicted octanol–water partition coefficient (Wildman–Crippen LogP) is 2.67. The second kappa shape index (κ2) is 5.76. The average molecular weight is 207 g/mol. The van der Waals surface area contributed by atoms with Crippen LogP contribution in [-0.4, -0.2) is 29.6 Å². The molecule has 0 aliphatic rings. The molecule has 15 heavy (non-hydrogen) atoms. The third kappa shape index (κ3) is 3.92. The highest BCUT2D eigenvalue weighted by Gasteiger charge is 2.08. The minimum absolute atomic E-state index is 0.341. The number of phenolic OH excluding ortho intramolecular Hbond substituents is 1. The zero-order valence-electron chi connectivity index (χ0n) is 9.90. The van der Waals surface area contributed by atoms with Crippen molar-refractivity contribution in [2.24, 2.45) is 0 Å². The third-order valence-corrected chi connectivity index (χ3v) is 2.80. The van der Waals surface area contributed by atoms with Crippen molar-refractivity contribution >= 4 is 0 Å². The van der Waals surface area contributed by atoms with Crippen LogP contribution in [0.2, 0.25) is 0 Å². The monoisotopic (exact) mass is 207 g/mol. The van der Waals surface area contributed by atoms with Gasteiger partial charge in [-0.25, -0.2) is 0 Å². The topological polar surface area (TPSA) is 23.5 Å². The number of benzene rings is 1. The van der Waals surface area contributed by atoms with E-state index >= 15 is 0 Å². The molecule has 0 bridgehead atoms. The van der Waals surface area contributed by atoms with Crippen LogP contribution < -0.4 is 0 Å². The maximum absolute atomic E-state index is 9.17. The highest BCUT2D eigenvalue weighted by atomic mass is 16.3. The fourth-order valence-corrected chi connectivity index (χ4v) is 1.70. The first kappa shape index (κ1) is 12.1. The molecule has 0 aliphatic carbocycles. The van der Waals surface area contributed by atoms with Gasteiger partial charge in [0, 0.05) is 6.04 Å². The third-order valence-electron chi connectivity index (χ3n) is 2.80. The number of hydrogen-bond donors (Lipinski definition) is 1. The Morgan fingerprint density at radius 3 is 2.40 bits per heavy atom. The quantitative estimate of drug-likeness (QED) is 0.802. The molecule has 0 aromatic heterocycles. The van der Waals surface area contributed by atoms with Gasteiger partial charge < -0.3 is 10.0 Å². The van der Waals surface area contributed by atoms with Crippen LogP contribution in [0.3, 0.4) is 0 Å². The Morgan fingerprint density at radius 1 is 1.27 bits per heavy atom. The molecule has 0 heterocycles. The molecule has 84 valence electrons. The van der Waals surface area contributed by atoms with Crippen molar-refractivity contribution in [3.63, 3.8) is 0 Å². The summed E-state index contributed by atoms with van der Waals surface area (Å²) in [7, 11) is 2.16. The summed E-state index contributed by atoms with van der Waals surface area (Å²) in [5.74, 6) is 0.341. The summed E-state index contributed by atoms with van der Waals surface area (Å²) in [5, 5.41) is 9.17. The van der Waals surface area contributed by atoms with Crippen LogP contribution in [0, 0.1) is 0 Å². The van der Waals surface area contributed by atoms with Crippen molar-refractivity contribution in [2.75, 3.05) is 13.6 Å². The molecule has 1 aromatic rings. The van der Waals surface area contributed by atoms with Crippen LogP contribution in [0.1, 0.15) is 25.8 Å². The fourth-order valence-electron chi connectivity index (χ4n) is 1.70. The first-order valence-corrected chi connectivity index (χ1v) is 5.61. The fraction of sp³-hybridized carbons (Fsp3) is 0.538. The van der Waals surface area contributed by atoms with Crippen molar-refractivity contribution in [3.8, 4) is 5.75 Å². The minimum atomic E-state index is 0.341. The predicted molar refractivity (Wildman–Crippen MR) is 64.2 cm³/mol. The zero-order chi connectivity index (χ0) is 11.3. The lowest BCUT2D eigenvalue weighted by Crippen LogP contribution is -2.31. The highest BCUT2D eigenvalue weighted by Crippen LogP contribution is 2.12.